The maximum Gasteiger partial charge on any atom is 0.273 e. The van der Waals surface area contributed by atoms with Crippen molar-refractivity contribution in [3.8, 4) is 0 Å². The van der Waals surface area contributed by atoms with Crippen molar-refractivity contribution in [2.45, 2.75) is 13.1 Å². The highest BCUT2D eigenvalue weighted by Crippen LogP contribution is 2.26. The first-order valence-electron chi connectivity index (χ1n) is 10.5. The van der Waals surface area contributed by atoms with E-state index in [1.807, 2.05) is 24.3 Å². The van der Waals surface area contributed by atoms with Crippen LogP contribution in [0.1, 0.15) is 32.0 Å². The van der Waals surface area contributed by atoms with E-state index in [1.54, 1.807) is 23.1 Å². The first-order chi connectivity index (χ1) is 15.1. The van der Waals surface area contributed by atoms with Gasteiger partial charge in [0, 0.05) is 50.2 Å². The van der Waals surface area contributed by atoms with Crippen LogP contribution in [0.4, 0.5) is 5.95 Å². The molecule has 0 saturated carbocycles. The average molecular weight is 416 g/mol. The van der Waals surface area contributed by atoms with Gasteiger partial charge >= 0.3 is 0 Å². The van der Waals surface area contributed by atoms with Crippen molar-refractivity contribution >= 4 is 28.5 Å². The predicted octanol–water partition coefficient (Wildman–Crippen LogP) is 1.46. The normalized spacial score (nSPS) is 16.5. The Morgan fingerprint density at radius 1 is 1.00 bits per heavy atom. The SMILES string of the molecule is Nc1nc(C(=O)N2Cc3ccccc3C2)c2cc(C(=O)CN3CCNCC3)ccc2n1. The molecule has 8 nitrogen and oxygen atoms in total. The van der Waals surface area contributed by atoms with Gasteiger partial charge in [-0.1, -0.05) is 24.3 Å². The second kappa shape index (κ2) is 8.05. The first-order valence-corrected chi connectivity index (χ1v) is 10.5. The van der Waals surface area contributed by atoms with E-state index in [2.05, 4.69) is 20.2 Å². The van der Waals surface area contributed by atoms with Gasteiger partial charge in [-0.15, -0.1) is 0 Å². The largest absolute Gasteiger partial charge is 0.368 e. The minimum atomic E-state index is -0.206. The van der Waals surface area contributed by atoms with E-state index < -0.39 is 0 Å². The summed E-state index contributed by atoms with van der Waals surface area (Å²) in [5.41, 5.74) is 9.52. The van der Waals surface area contributed by atoms with Crippen molar-refractivity contribution in [2.75, 3.05) is 38.5 Å². The summed E-state index contributed by atoms with van der Waals surface area (Å²) in [5.74, 6) is -0.137. The number of fused-ring (bicyclic) bond motifs is 2. The highest BCUT2D eigenvalue weighted by atomic mass is 16.2. The molecule has 2 aliphatic rings. The summed E-state index contributed by atoms with van der Waals surface area (Å²) in [6.07, 6.45) is 0. The minimum absolute atomic E-state index is 0.0209. The monoisotopic (exact) mass is 416 g/mol. The van der Waals surface area contributed by atoms with Gasteiger partial charge in [-0.3, -0.25) is 14.5 Å². The van der Waals surface area contributed by atoms with Crippen LogP contribution in [-0.2, 0) is 13.1 Å². The second-order valence-corrected chi connectivity index (χ2v) is 8.04. The number of nitrogens with two attached hydrogens (primary N) is 1. The fraction of sp³-hybridized carbons (Fsp3) is 0.304. The summed E-state index contributed by atoms with van der Waals surface area (Å²) < 4.78 is 0. The van der Waals surface area contributed by atoms with E-state index in [-0.39, 0.29) is 23.3 Å². The number of carbonyl (C=O) groups is 2. The summed E-state index contributed by atoms with van der Waals surface area (Å²) in [6.45, 7) is 4.87. The Balaban J connectivity index is 1.45. The zero-order valence-corrected chi connectivity index (χ0v) is 17.2. The van der Waals surface area contributed by atoms with Gasteiger partial charge in [0.1, 0.15) is 5.69 Å². The molecule has 2 aromatic carbocycles. The van der Waals surface area contributed by atoms with Gasteiger partial charge in [-0.2, -0.15) is 0 Å². The number of aromatic nitrogens is 2. The van der Waals surface area contributed by atoms with E-state index >= 15 is 0 Å². The number of nitrogen functional groups attached to an aromatic ring is 1. The number of piperazine rings is 1. The molecule has 0 atom stereocenters. The van der Waals surface area contributed by atoms with Gasteiger partial charge in [0.2, 0.25) is 5.95 Å². The van der Waals surface area contributed by atoms with Crippen LogP contribution in [-0.4, -0.2) is 64.2 Å². The zero-order chi connectivity index (χ0) is 21.4. The first kappa shape index (κ1) is 19.6. The van der Waals surface area contributed by atoms with E-state index in [0.29, 0.717) is 36.1 Å². The molecule has 2 aliphatic heterocycles. The van der Waals surface area contributed by atoms with Crippen LogP contribution in [0.15, 0.2) is 42.5 Å². The number of nitrogens with zero attached hydrogens (tertiary/aromatic N) is 4. The Hall–Kier alpha value is -3.36. The van der Waals surface area contributed by atoms with E-state index in [9.17, 15) is 9.59 Å². The molecule has 0 radical (unpaired) electrons. The summed E-state index contributed by atoms with van der Waals surface area (Å²) in [6, 6.07) is 13.2. The number of ketones is 1. The lowest BCUT2D eigenvalue weighted by Gasteiger charge is -2.26. The molecule has 1 amide bonds. The van der Waals surface area contributed by atoms with E-state index in [1.165, 1.54) is 0 Å². The molecule has 3 aromatic rings. The number of benzene rings is 2. The third kappa shape index (κ3) is 3.87. The fourth-order valence-corrected chi connectivity index (χ4v) is 4.27. The number of nitrogens with one attached hydrogen (secondary N) is 1. The second-order valence-electron chi connectivity index (χ2n) is 8.04. The molecule has 5 rings (SSSR count). The van der Waals surface area contributed by atoms with Crippen molar-refractivity contribution in [3.05, 3.63) is 64.8 Å². The van der Waals surface area contributed by atoms with Crippen molar-refractivity contribution in [2.24, 2.45) is 0 Å². The van der Waals surface area contributed by atoms with Gasteiger partial charge in [0.15, 0.2) is 5.78 Å². The molecule has 1 saturated heterocycles. The quantitative estimate of drug-likeness (QED) is 0.621. The molecule has 1 fully saturated rings. The molecule has 3 heterocycles. The molecule has 8 heteroatoms. The summed E-state index contributed by atoms with van der Waals surface area (Å²) >= 11 is 0. The van der Waals surface area contributed by atoms with Gasteiger partial charge in [0.05, 0.1) is 12.1 Å². The average Bonchev–Trinajstić information content (AvgIpc) is 3.23. The van der Waals surface area contributed by atoms with E-state index in [0.717, 1.165) is 37.3 Å². The number of rotatable bonds is 4. The number of hydrogen-bond acceptors (Lipinski definition) is 7. The van der Waals surface area contributed by atoms with E-state index in [4.69, 9.17) is 5.73 Å². The summed E-state index contributed by atoms with van der Waals surface area (Å²) in [5, 5.41) is 3.84. The lowest BCUT2D eigenvalue weighted by Crippen LogP contribution is -2.45. The van der Waals surface area contributed by atoms with Crippen LogP contribution >= 0.6 is 0 Å². The number of hydrogen-bond donors (Lipinski definition) is 2. The number of carbonyl (C=O) groups excluding carboxylic acids is 2. The number of anilines is 1. The van der Waals surface area contributed by atoms with Crippen LogP contribution in [0.3, 0.4) is 0 Å². The molecule has 3 N–H and O–H groups in total. The predicted molar refractivity (Wildman–Crippen MR) is 118 cm³/mol. The zero-order valence-electron chi connectivity index (χ0n) is 17.2. The maximum atomic E-state index is 13.4. The van der Waals surface area contributed by atoms with Gasteiger partial charge < -0.3 is 16.0 Å². The molecular formula is C23H24N6O2. The molecule has 31 heavy (non-hydrogen) atoms. The Labute approximate surface area is 180 Å². The van der Waals surface area contributed by atoms with Gasteiger partial charge in [-0.25, -0.2) is 9.97 Å². The number of Topliss-reactive ketones (excluding diaryl/α,β-unsaturated/α-hetero) is 1. The number of amides is 1. The molecule has 0 bridgehead atoms. The van der Waals surface area contributed by atoms with Crippen LogP contribution in [0.2, 0.25) is 0 Å². The molecule has 0 aliphatic carbocycles. The van der Waals surface area contributed by atoms with Crippen molar-refractivity contribution < 1.29 is 9.59 Å². The lowest BCUT2D eigenvalue weighted by molar-refractivity contribution is 0.0747. The Bertz CT molecular complexity index is 1150. The highest BCUT2D eigenvalue weighted by molar-refractivity contribution is 6.08. The molecule has 158 valence electrons. The highest BCUT2D eigenvalue weighted by Gasteiger charge is 2.27. The molecular weight excluding hydrogens is 392 g/mol. The van der Waals surface area contributed by atoms with Crippen molar-refractivity contribution in [1.82, 2.24) is 25.1 Å². The standard InChI is InChI=1S/C23H24N6O2/c24-23-26-19-6-5-15(20(30)14-28-9-7-25-8-10-28)11-18(19)21(27-23)22(31)29-12-16-3-1-2-4-17(16)13-29/h1-6,11,25H,7-10,12-14H2,(H2,24,26,27). The fourth-order valence-electron chi connectivity index (χ4n) is 4.27. The van der Waals surface area contributed by atoms with Crippen LogP contribution in [0.5, 0.6) is 0 Å². The molecule has 0 unspecified atom stereocenters. The van der Waals surface area contributed by atoms with Crippen LogP contribution < -0.4 is 11.1 Å². The van der Waals surface area contributed by atoms with Crippen molar-refractivity contribution in [1.29, 1.82) is 0 Å². The summed E-state index contributed by atoms with van der Waals surface area (Å²) in [4.78, 5) is 38.7. The van der Waals surface area contributed by atoms with Crippen LogP contribution in [0, 0.1) is 0 Å². The topological polar surface area (TPSA) is 104 Å². The molecule has 1 aromatic heterocycles. The summed E-state index contributed by atoms with van der Waals surface area (Å²) in [7, 11) is 0. The third-order valence-electron chi connectivity index (χ3n) is 5.94. The molecule has 0 spiro atoms. The Morgan fingerprint density at radius 3 is 2.42 bits per heavy atom. The Kier molecular flexibility index (Phi) is 5.09. The third-order valence-corrected chi connectivity index (χ3v) is 5.94. The Morgan fingerprint density at radius 2 is 1.71 bits per heavy atom. The van der Waals surface area contributed by atoms with Crippen LogP contribution in [0.25, 0.3) is 10.9 Å². The van der Waals surface area contributed by atoms with Gasteiger partial charge in [-0.05, 0) is 29.3 Å². The van der Waals surface area contributed by atoms with Crippen molar-refractivity contribution in [3.63, 3.8) is 0 Å². The maximum absolute atomic E-state index is 13.4. The van der Waals surface area contributed by atoms with Gasteiger partial charge in [0.25, 0.3) is 5.91 Å². The smallest absolute Gasteiger partial charge is 0.273 e. The lowest BCUT2D eigenvalue weighted by atomic mass is 10.0. The minimum Gasteiger partial charge on any atom is -0.368 e.